The second kappa shape index (κ2) is 13.6. The van der Waals surface area contributed by atoms with Crippen LogP contribution in [0.1, 0.15) is 42.9 Å². The largest absolute Gasteiger partial charge is 0.494 e. The number of hydrogen-bond acceptors (Lipinski definition) is 5. The number of halogens is 1. The fourth-order valence-corrected chi connectivity index (χ4v) is 4.77. The Hall–Kier alpha value is -3.16. The van der Waals surface area contributed by atoms with Crippen LogP contribution in [-0.2, 0) is 22.4 Å². The molecule has 0 bridgehead atoms. The Bertz CT molecular complexity index is 1200. The SMILES string of the molecule is C[C@H]1OC(c2ccc(OCCCO)cc2)=N[C@@]1(Cc1ccc(Br)cc1)C(=O)NCCCCc1ccccc1. The van der Waals surface area contributed by atoms with E-state index in [0.717, 1.165) is 34.9 Å². The summed E-state index contributed by atoms with van der Waals surface area (Å²) in [4.78, 5) is 18.6. The molecule has 0 aromatic heterocycles. The number of amides is 1. The van der Waals surface area contributed by atoms with Crippen LogP contribution in [-0.4, -0.2) is 48.3 Å². The molecule has 1 aliphatic rings. The van der Waals surface area contributed by atoms with Crippen molar-refractivity contribution in [1.29, 1.82) is 0 Å². The Balaban J connectivity index is 1.47. The summed E-state index contributed by atoms with van der Waals surface area (Å²) in [6, 6.07) is 25.8. The smallest absolute Gasteiger partial charge is 0.252 e. The zero-order chi connectivity index (χ0) is 26.8. The van der Waals surface area contributed by atoms with Gasteiger partial charge >= 0.3 is 0 Å². The summed E-state index contributed by atoms with van der Waals surface area (Å²) in [7, 11) is 0. The average Bonchev–Trinajstić information content (AvgIpc) is 3.27. The molecular formula is C31H35BrN2O4. The van der Waals surface area contributed by atoms with Crippen molar-refractivity contribution in [2.75, 3.05) is 19.8 Å². The third-order valence-electron chi connectivity index (χ3n) is 6.74. The van der Waals surface area contributed by atoms with Crippen molar-refractivity contribution >= 4 is 27.7 Å². The van der Waals surface area contributed by atoms with Crippen molar-refractivity contribution < 1.29 is 19.4 Å². The number of ether oxygens (including phenoxy) is 2. The van der Waals surface area contributed by atoms with E-state index in [4.69, 9.17) is 19.6 Å². The summed E-state index contributed by atoms with van der Waals surface area (Å²) >= 11 is 3.49. The summed E-state index contributed by atoms with van der Waals surface area (Å²) < 4.78 is 12.8. The zero-order valence-corrected chi connectivity index (χ0v) is 23.3. The Morgan fingerprint density at radius 1 is 1.00 bits per heavy atom. The Morgan fingerprint density at radius 2 is 1.74 bits per heavy atom. The molecule has 0 saturated heterocycles. The van der Waals surface area contributed by atoms with E-state index in [9.17, 15) is 4.79 Å². The van der Waals surface area contributed by atoms with Gasteiger partial charge in [0.05, 0.1) is 6.61 Å². The molecule has 1 heterocycles. The highest BCUT2D eigenvalue weighted by atomic mass is 79.9. The van der Waals surface area contributed by atoms with Gasteiger partial charge in [0.15, 0.2) is 5.54 Å². The molecule has 1 amide bonds. The number of rotatable bonds is 13. The van der Waals surface area contributed by atoms with Gasteiger partial charge in [0.2, 0.25) is 5.90 Å². The number of hydrogen-bond donors (Lipinski definition) is 2. The standard InChI is InChI=1S/C31H35BrN2O4/c1-23-31(22-25-11-15-27(32)16-12-25,30(36)33-19-6-5-10-24-8-3-2-4-9-24)34-29(38-23)26-13-17-28(18-14-26)37-21-7-20-35/h2-4,8-9,11-18,23,35H,5-7,10,19-22H2,1H3,(H,33,36)/t23-,31-/m1/s1. The molecule has 0 fully saturated rings. The summed E-state index contributed by atoms with van der Waals surface area (Å²) in [5, 5.41) is 12.1. The van der Waals surface area contributed by atoms with E-state index in [-0.39, 0.29) is 12.5 Å². The first-order valence-corrected chi connectivity index (χ1v) is 14.0. The van der Waals surface area contributed by atoms with Crippen molar-refractivity contribution in [3.63, 3.8) is 0 Å². The molecule has 0 aliphatic carbocycles. The molecule has 2 N–H and O–H groups in total. The minimum atomic E-state index is -1.07. The van der Waals surface area contributed by atoms with Crippen molar-refractivity contribution in [2.24, 2.45) is 4.99 Å². The van der Waals surface area contributed by atoms with Crippen LogP contribution >= 0.6 is 15.9 Å². The molecule has 3 aromatic rings. The predicted molar refractivity (Wildman–Crippen MR) is 154 cm³/mol. The molecule has 4 rings (SSSR count). The first-order valence-electron chi connectivity index (χ1n) is 13.2. The molecule has 0 spiro atoms. The van der Waals surface area contributed by atoms with Gasteiger partial charge in [-0.25, -0.2) is 4.99 Å². The average molecular weight is 580 g/mol. The highest BCUT2D eigenvalue weighted by Crippen LogP contribution is 2.33. The van der Waals surface area contributed by atoms with Gasteiger partial charge < -0.3 is 19.9 Å². The third-order valence-corrected chi connectivity index (χ3v) is 7.26. The van der Waals surface area contributed by atoms with Crippen LogP contribution in [0.15, 0.2) is 88.3 Å². The summed E-state index contributed by atoms with van der Waals surface area (Å²) in [5.41, 5.74) is 2.04. The molecular weight excluding hydrogens is 544 g/mol. The van der Waals surface area contributed by atoms with Crippen LogP contribution < -0.4 is 10.1 Å². The van der Waals surface area contributed by atoms with Gasteiger partial charge in [0.25, 0.3) is 5.91 Å². The van der Waals surface area contributed by atoms with Gasteiger partial charge in [-0.2, -0.15) is 0 Å². The number of aliphatic hydroxyl groups excluding tert-OH is 1. The second-order valence-corrected chi connectivity index (χ2v) is 10.5. The van der Waals surface area contributed by atoms with E-state index < -0.39 is 11.6 Å². The van der Waals surface area contributed by atoms with Gasteiger partial charge in [-0.3, -0.25) is 4.79 Å². The van der Waals surface area contributed by atoms with Gasteiger partial charge in [0.1, 0.15) is 11.9 Å². The maximum atomic E-state index is 13.7. The fraction of sp³-hybridized carbons (Fsp3) is 0.355. The molecule has 1 aliphatic heterocycles. The Labute approximate surface area is 233 Å². The first-order chi connectivity index (χ1) is 18.5. The number of carbonyl (C=O) groups excluding carboxylic acids is 1. The number of carbonyl (C=O) groups is 1. The van der Waals surface area contributed by atoms with E-state index >= 15 is 0 Å². The molecule has 38 heavy (non-hydrogen) atoms. The molecule has 6 nitrogen and oxygen atoms in total. The minimum absolute atomic E-state index is 0.0934. The first kappa shape index (κ1) is 27.9. The molecule has 2 atom stereocenters. The maximum absolute atomic E-state index is 13.7. The summed E-state index contributed by atoms with van der Waals surface area (Å²) in [6.07, 6.45) is 3.45. The lowest BCUT2D eigenvalue weighted by Gasteiger charge is -2.28. The van der Waals surface area contributed by atoms with Gasteiger partial charge in [-0.15, -0.1) is 0 Å². The lowest BCUT2D eigenvalue weighted by Crippen LogP contribution is -2.52. The molecule has 7 heteroatoms. The van der Waals surface area contributed by atoms with E-state index in [1.165, 1.54) is 5.56 Å². The Kier molecular flexibility index (Phi) is 9.96. The number of nitrogens with one attached hydrogen (secondary N) is 1. The number of unbranched alkanes of at least 4 members (excludes halogenated alkanes) is 1. The van der Waals surface area contributed by atoms with E-state index in [1.54, 1.807) is 0 Å². The van der Waals surface area contributed by atoms with Gasteiger partial charge in [0, 0.05) is 36.0 Å². The number of aliphatic imine (C=N–C) groups is 1. The number of benzene rings is 3. The van der Waals surface area contributed by atoms with E-state index in [0.29, 0.717) is 37.6 Å². The van der Waals surface area contributed by atoms with Crippen molar-refractivity contribution in [3.05, 3.63) is 100 Å². The summed E-state index contributed by atoms with van der Waals surface area (Å²) in [6.45, 7) is 3.05. The topological polar surface area (TPSA) is 80.2 Å². The van der Waals surface area contributed by atoms with Crippen molar-refractivity contribution in [2.45, 2.75) is 50.7 Å². The molecule has 200 valence electrons. The van der Waals surface area contributed by atoms with Crippen molar-refractivity contribution in [1.82, 2.24) is 5.32 Å². The number of aliphatic hydroxyl groups is 1. The maximum Gasteiger partial charge on any atom is 0.252 e. The minimum Gasteiger partial charge on any atom is -0.494 e. The highest BCUT2D eigenvalue weighted by molar-refractivity contribution is 9.10. The monoisotopic (exact) mass is 578 g/mol. The second-order valence-electron chi connectivity index (χ2n) is 9.55. The molecule has 3 aromatic carbocycles. The number of nitrogens with zero attached hydrogens (tertiary/aromatic N) is 1. The van der Waals surface area contributed by atoms with E-state index in [1.807, 2.05) is 61.5 Å². The van der Waals surface area contributed by atoms with Crippen LogP contribution in [0.25, 0.3) is 0 Å². The predicted octanol–water partition coefficient (Wildman–Crippen LogP) is 5.50. The summed E-state index contributed by atoms with van der Waals surface area (Å²) in [5.74, 6) is 1.05. The van der Waals surface area contributed by atoms with Crippen LogP contribution in [0.5, 0.6) is 5.75 Å². The van der Waals surface area contributed by atoms with Gasteiger partial charge in [-0.1, -0.05) is 58.4 Å². The van der Waals surface area contributed by atoms with Crippen LogP contribution in [0, 0.1) is 0 Å². The molecule has 0 radical (unpaired) electrons. The highest BCUT2D eigenvalue weighted by Gasteiger charge is 2.50. The zero-order valence-electron chi connectivity index (χ0n) is 21.7. The fourth-order valence-electron chi connectivity index (χ4n) is 4.51. The van der Waals surface area contributed by atoms with Crippen LogP contribution in [0.3, 0.4) is 0 Å². The van der Waals surface area contributed by atoms with E-state index in [2.05, 4.69) is 45.5 Å². The van der Waals surface area contributed by atoms with Crippen LogP contribution in [0.4, 0.5) is 0 Å². The van der Waals surface area contributed by atoms with Crippen LogP contribution in [0.2, 0.25) is 0 Å². The lowest BCUT2D eigenvalue weighted by molar-refractivity contribution is -0.128. The third kappa shape index (κ3) is 7.23. The molecule has 0 saturated carbocycles. The number of aryl methyl sites for hydroxylation is 1. The van der Waals surface area contributed by atoms with Gasteiger partial charge in [-0.05, 0) is 73.7 Å². The lowest BCUT2D eigenvalue weighted by atomic mass is 9.86. The Morgan fingerprint density at radius 3 is 2.45 bits per heavy atom. The normalized spacial score (nSPS) is 18.5. The quantitative estimate of drug-likeness (QED) is 0.262. The van der Waals surface area contributed by atoms with Crippen molar-refractivity contribution in [3.8, 4) is 5.75 Å². The molecule has 0 unspecified atom stereocenters.